The molecule has 0 fully saturated rings. The van der Waals surface area contributed by atoms with E-state index in [2.05, 4.69) is 13.8 Å². The Morgan fingerprint density at radius 1 is 0.829 bits per heavy atom. The van der Waals surface area contributed by atoms with Crippen molar-refractivity contribution in [3.05, 3.63) is 29.8 Å². The molecule has 0 aliphatic rings. The first-order chi connectivity index (χ1) is 19.6. The second kappa shape index (κ2) is 22.3. The summed E-state index contributed by atoms with van der Waals surface area (Å²) in [5.74, 6) is 0.745. The van der Waals surface area contributed by atoms with Crippen LogP contribution in [0.3, 0.4) is 0 Å². The summed E-state index contributed by atoms with van der Waals surface area (Å²) in [4.78, 5) is 22.3. The second-order valence-electron chi connectivity index (χ2n) is 12.1. The van der Waals surface area contributed by atoms with Crippen LogP contribution in [0.4, 0.5) is 0 Å². The van der Waals surface area contributed by atoms with Crippen LogP contribution in [-0.2, 0) is 24.8 Å². The van der Waals surface area contributed by atoms with Gasteiger partial charge in [0.15, 0.2) is 0 Å². The van der Waals surface area contributed by atoms with Gasteiger partial charge in [0.2, 0.25) is 0 Å². The first-order valence-corrected chi connectivity index (χ1v) is 17.8. The van der Waals surface area contributed by atoms with Crippen LogP contribution < -0.4 is 4.74 Å². The fourth-order valence-corrected chi connectivity index (χ4v) is 5.43. The molecule has 8 heteroatoms. The van der Waals surface area contributed by atoms with Crippen LogP contribution in [0.1, 0.15) is 116 Å². The number of phosphoric acid groups is 1. The van der Waals surface area contributed by atoms with Gasteiger partial charge in [-0.05, 0) is 43.4 Å². The third-order valence-electron chi connectivity index (χ3n) is 7.91. The lowest BCUT2D eigenvalue weighted by Gasteiger charge is -2.28. The summed E-state index contributed by atoms with van der Waals surface area (Å²) in [7, 11) is -0.110. The number of nitrogens with zero attached hydrogens (tertiary/aromatic N) is 1. The van der Waals surface area contributed by atoms with Crippen molar-refractivity contribution in [1.29, 1.82) is 0 Å². The normalized spacial score (nSPS) is 14.1. The number of likely N-dealkylation sites (N-methyl/N-ethyl adjacent to an activating group) is 1. The number of benzene rings is 1. The van der Waals surface area contributed by atoms with E-state index in [1.807, 2.05) is 45.3 Å². The number of Topliss-reactive ketones (excluding diaryl/α,β-unsaturated/α-hetero) is 1. The van der Waals surface area contributed by atoms with Gasteiger partial charge >= 0.3 is 7.82 Å². The highest BCUT2D eigenvalue weighted by atomic mass is 31.2. The number of unbranched alkanes of at least 4 members (excludes halogenated alkanes) is 11. The van der Waals surface area contributed by atoms with E-state index in [-0.39, 0.29) is 24.9 Å². The molecule has 7 nitrogen and oxygen atoms in total. The zero-order chi connectivity index (χ0) is 30.4. The SMILES string of the molecule is CCCCCCCCCCCCCCOc1ccc(CC(COP(=O)(O)OCC[N+](C)(C)CC)CC(=O)CC)cc1. The molecule has 41 heavy (non-hydrogen) atoms. The van der Waals surface area contributed by atoms with Gasteiger partial charge in [0.05, 0.1) is 33.9 Å². The first-order valence-electron chi connectivity index (χ1n) is 16.3. The third kappa shape index (κ3) is 20.3. The number of ketones is 1. The van der Waals surface area contributed by atoms with Crippen molar-refractivity contribution < 1.29 is 32.5 Å². The van der Waals surface area contributed by atoms with E-state index in [1.165, 1.54) is 70.6 Å². The molecule has 1 rings (SSSR count). The zero-order valence-electron chi connectivity index (χ0n) is 26.9. The maximum atomic E-state index is 12.4. The minimum atomic E-state index is -4.18. The number of rotatable bonds is 27. The zero-order valence-corrected chi connectivity index (χ0v) is 27.8. The molecule has 0 aliphatic heterocycles. The monoisotopic (exact) mass is 598 g/mol. The number of phosphoric ester groups is 1. The fraction of sp³-hybridized carbons (Fsp3) is 0.788. The highest BCUT2D eigenvalue weighted by Crippen LogP contribution is 2.44. The van der Waals surface area contributed by atoms with Crippen LogP contribution in [0, 0.1) is 5.92 Å². The fourth-order valence-electron chi connectivity index (χ4n) is 4.64. The Hall–Kier alpha value is -1.24. The predicted molar refractivity (Wildman–Crippen MR) is 169 cm³/mol. The van der Waals surface area contributed by atoms with E-state index in [1.54, 1.807) is 0 Å². The Morgan fingerprint density at radius 3 is 1.93 bits per heavy atom. The minimum absolute atomic E-state index is 0.0112. The Morgan fingerprint density at radius 2 is 1.39 bits per heavy atom. The molecule has 0 radical (unpaired) electrons. The van der Waals surface area contributed by atoms with Gasteiger partial charge in [0.1, 0.15) is 24.7 Å². The van der Waals surface area contributed by atoms with Gasteiger partial charge in [-0.3, -0.25) is 13.8 Å². The van der Waals surface area contributed by atoms with Gasteiger partial charge in [-0.1, -0.05) is 96.6 Å². The predicted octanol–water partition coefficient (Wildman–Crippen LogP) is 8.52. The van der Waals surface area contributed by atoms with E-state index in [9.17, 15) is 14.3 Å². The van der Waals surface area contributed by atoms with Crippen molar-refractivity contribution in [3.63, 3.8) is 0 Å². The Labute approximate surface area is 251 Å². The second-order valence-corrected chi connectivity index (χ2v) is 13.6. The molecule has 2 unspecified atom stereocenters. The molecular weight excluding hydrogens is 537 g/mol. The maximum absolute atomic E-state index is 12.4. The van der Waals surface area contributed by atoms with E-state index < -0.39 is 7.82 Å². The third-order valence-corrected chi connectivity index (χ3v) is 8.89. The molecule has 0 spiro atoms. The van der Waals surface area contributed by atoms with E-state index in [4.69, 9.17) is 13.8 Å². The highest BCUT2D eigenvalue weighted by Gasteiger charge is 2.26. The average Bonchev–Trinajstić information content (AvgIpc) is 2.94. The number of carbonyl (C=O) groups excluding carboxylic acids is 1. The molecule has 0 heterocycles. The van der Waals surface area contributed by atoms with Crippen LogP contribution in [0.25, 0.3) is 0 Å². The summed E-state index contributed by atoms with van der Waals surface area (Å²) in [5.41, 5.74) is 1.04. The van der Waals surface area contributed by atoms with Gasteiger partial charge in [0.25, 0.3) is 0 Å². The molecule has 0 aliphatic carbocycles. The lowest BCUT2D eigenvalue weighted by Crippen LogP contribution is -2.41. The Balaban J connectivity index is 2.34. The molecule has 0 saturated carbocycles. The first kappa shape index (κ1) is 37.8. The largest absolute Gasteiger partial charge is 0.494 e. The lowest BCUT2D eigenvalue weighted by atomic mass is 9.94. The van der Waals surface area contributed by atoms with Gasteiger partial charge < -0.3 is 14.1 Å². The minimum Gasteiger partial charge on any atom is -0.494 e. The molecule has 1 aromatic carbocycles. The highest BCUT2D eigenvalue weighted by molar-refractivity contribution is 7.47. The Bertz CT molecular complexity index is 845. The van der Waals surface area contributed by atoms with Crippen molar-refractivity contribution >= 4 is 13.6 Å². The van der Waals surface area contributed by atoms with Crippen molar-refractivity contribution in [2.24, 2.45) is 5.92 Å². The summed E-state index contributed by atoms with van der Waals surface area (Å²) in [6, 6.07) is 7.92. The topological polar surface area (TPSA) is 82.1 Å². The van der Waals surface area contributed by atoms with Crippen molar-refractivity contribution in [2.45, 2.75) is 117 Å². The summed E-state index contributed by atoms with van der Waals surface area (Å²) >= 11 is 0. The molecule has 0 saturated heterocycles. The van der Waals surface area contributed by atoms with Gasteiger partial charge in [-0.15, -0.1) is 0 Å². The quantitative estimate of drug-likeness (QED) is 0.0621. The van der Waals surface area contributed by atoms with E-state index in [0.717, 1.165) is 30.9 Å². The molecule has 1 aromatic rings. The lowest BCUT2D eigenvalue weighted by molar-refractivity contribution is -0.888. The van der Waals surface area contributed by atoms with Crippen molar-refractivity contribution in [1.82, 2.24) is 0 Å². The molecular formula is C33H61NO6P+. The van der Waals surface area contributed by atoms with Gasteiger partial charge in [-0.2, -0.15) is 0 Å². The molecule has 0 aromatic heterocycles. The van der Waals surface area contributed by atoms with E-state index in [0.29, 0.717) is 30.3 Å². The van der Waals surface area contributed by atoms with E-state index >= 15 is 0 Å². The summed E-state index contributed by atoms with van der Waals surface area (Å²) in [6.45, 7) is 8.50. The molecule has 1 N–H and O–H groups in total. The maximum Gasteiger partial charge on any atom is 0.472 e. The van der Waals surface area contributed by atoms with Crippen LogP contribution in [-0.4, -0.2) is 62.2 Å². The summed E-state index contributed by atoms with van der Waals surface area (Å²) in [6.07, 6.45) is 17.2. The molecule has 238 valence electrons. The summed E-state index contributed by atoms with van der Waals surface area (Å²) < 4.78 is 29.5. The van der Waals surface area contributed by atoms with Crippen LogP contribution in [0.5, 0.6) is 5.75 Å². The smallest absolute Gasteiger partial charge is 0.472 e. The Kier molecular flexibility index (Phi) is 20.6. The summed E-state index contributed by atoms with van der Waals surface area (Å²) in [5, 5.41) is 0. The molecule has 0 bridgehead atoms. The number of hydrogen-bond acceptors (Lipinski definition) is 5. The average molecular weight is 599 g/mol. The molecule has 0 amide bonds. The number of carbonyl (C=O) groups is 1. The van der Waals surface area contributed by atoms with Crippen molar-refractivity contribution in [2.75, 3.05) is 47.0 Å². The number of hydrogen-bond donors (Lipinski definition) is 1. The molecule has 2 atom stereocenters. The van der Waals surface area contributed by atoms with Crippen LogP contribution >= 0.6 is 7.82 Å². The number of quaternary nitrogens is 1. The van der Waals surface area contributed by atoms with Crippen molar-refractivity contribution in [3.8, 4) is 5.75 Å². The van der Waals surface area contributed by atoms with Gasteiger partial charge in [-0.25, -0.2) is 4.57 Å². The number of ether oxygens (including phenoxy) is 1. The van der Waals surface area contributed by atoms with Crippen LogP contribution in [0.15, 0.2) is 24.3 Å². The standard InChI is InChI=1S/C33H60NO6P/c1-6-9-10-11-12-13-14-15-16-17-18-19-25-38-33-22-20-30(21-23-33)27-31(28-32(35)7-2)29-40-41(36,37)39-26-24-34(4,5)8-3/h20-23,31H,6-19,24-29H2,1-5H3/p+1. The van der Waals surface area contributed by atoms with Gasteiger partial charge in [0, 0.05) is 12.8 Å². The van der Waals surface area contributed by atoms with Crippen LogP contribution in [0.2, 0.25) is 0 Å².